The summed E-state index contributed by atoms with van der Waals surface area (Å²) in [5, 5.41) is 5.98. The average molecular weight is 534 g/mol. The summed E-state index contributed by atoms with van der Waals surface area (Å²) in [7, 11) is -2.49. The van der Waals surface area contributed by atoms with Gasteiger partial charge in [-0.3, -0.25) is 4.79 Å². The fraction of sp³-hybridized carbons (Fsp3) is 0.571. The highest BCUT2D eigenvalue weighted by Gasteiger charge is 2.37. The molecule has 2 aliphatic rings. The summed E-state index contributed by atoms with van der Waals surface area (Å²) in [6.45, 7) is 1.44. The Labute approximate surface area is 205 Å². The van der Waals surface area contributed by atoms with Crippen LogP contribution in [0.5, 0.6) is 5.75 Å². The van der Waals surface area contributed by atoms with E-state index in [1.165, 1.54) is 30.1 Å². The van der Waals surface area contributed by atoms with Crippen LogP contribution < -0.4 is 14.4 Å². The molecule has 14 heteroatoms. The van der Waals surface area contributed by atoms with E-state index >= 15 is 0 Å². The van der Waals surface area contributed by atoms with Crippen LogP contribution in [0.15, 0.2) is 23.1 Å². The van der Waals surface area contributed by atoms with Gasteiger partial charge in [-0.2, -0.15) is 13.2 Å². The number of alkyl halides is 3. The number of hydrogen-bond acceptors (Lipinski definition) is 8. The summed E-state index contributed by atoms with van der Waals surface area (Å²) in [5.41, 5.74) is 0.142. The Morgan fingerprint density at radius 1 is 1.17 bits per heavy atom. The van der Waals surface area contributed by atoms with Gasteiger partial charge in [0.1, 0.15) is 5.75 Å². The molecule has 1 aliphatic carbocycles. The molecule has 1 aromatic heterocycles. The van der Waals surface area contributed by atoms with Gasteiger partial charge in [0.2, 0.25) is 20.2 Å². The Morgan fingerprint density at radius 2 is 1.86 bits per heavy atom. The minimum absolute atomic E-state index is 0.0521. The van der Waals surface area contributed by atoms with Crippen molar-refractivity contribution in [3.8, 4) is 5.75 Å². The summed E-state index contributed by atoms with van der Waals surface area (Å²) in [5.74, 6) is 0.321. The Morgan fingerprint density at radius 3 is 2.46 bits per heavy atom. The van der Waals surface area contributed by atoms with Crippen LogP contribution in [0.1, 0.15) is 41.0 Å². The van der Waals surface area contributed by atoms with Crippen LogP contribution in [-0.2, 0) is 16.2 Å². The van der Waals surface area contributed by atoms with Gasteiger partial charge >= 0.3 is 6.18 Å². The molecular formula is C21H26F3N5O4S2. The molecule has 0 radical (unpaired) electrons. The molecule has 1 saturated carbocycles. The lowest BCUT2D eigenvalue weighted by Crippen LogP contribution is -2.48. The second-order valence-electron chi connectivity index (χ2n) is 8.49. The number of halogens is 3. The Balaban J connectivity index is 1.50. The molecule has 192 valence electrons. The first kappa shape index (κ1) is 25.6. The zero-order chi connectivity index (χ0) is 25.2. The van der Waals surface area contributed by atoms with Gasteiger partial charge in [0.15, 0.2) is 0 Å². The van der Waals surface area contributed by atoms with Gasteiger partial charge in [-0.15, -0.1) is 10.2 Å². The summed E-state index contributed by atoms with van der Waals surface area (Å²) < 4.78 is 71.4. The smallest absolute Gasteiger partial charge is 0.445 e. The number of aromatic nitrogens is 2. The molecule has 0 bridgehead atoms. The monoisotopic (exact) mass is 533 g/mol. The van der Waals surface area contributed by atoms with Crippen LogP contribution >= 0.6 is 11.3 Å². The number of carbonyl (C=O) groups excluding carboxylic acids is 1. The third kappa shape index (κ3) is 5.86. The molecule has 0 spiro atoms. The Bertz CT molecular complexity index is 1160. The molecular weight excluding hydrogens is 507 g/mol. The Hall–Kier alpha value is -2.45. The number of nitrogens with zero attached hydrogens (tertiary/aromatic N) is 4. The second kappa shape index (κ2) is 10.3. The van der Waals surface area contributed by atoms with Crippen molar-refractivity contribution in [2.75, 3.05) is 44.7 Å². The molecule has 1 aromatic carbocycles. The van der Waals surface area contributed by atoms with Gasteiger partial charge in [-0.1, -0.05) is 24.2 Å². The van der Waals surface area contributed by atoms with E-state index in [1.807, 2.05) is 0 Å². The quantitative estimate of drug-likeness (QED) is 0.584. The molecule has 1 aliphatic heterocycles. The minimum atomic E-state index is -4.55. The first-order valence-electron chi connectivity index (χ1n) is 11.2. The van der Waals surface area contributed by atoms with Crippen LogP contribution in [-0.4, -0.2) is 69.3 Å². The fourth-order valence-electron chi connectivity index (χ4n) is 4.20. The predicted octanol–water partition coefficient (Wildman–Crippen LogP) is 3.00. The van der Waals surface area contributed by atoms with E-state index in [2.05, 4.69) is 14.9 Å². The maximum absolute atomic E-state index is 13.4. The van der Waals surface area contributed by atoms with Crippen molar-refractivity contribution in [1.29, 1.82) is 0 Å². The number of sulfonamides is 1. The number of amides is 1. The highest BCUT2D eigenvalue weighted by atomic mass is 32.2. The Kier molecular flexibility index (Phi) is 7.52. The summed E-state index contributed by atoms with van der Waals surface area (Å²) >= 11 is 0.462. The zero-order valence-corrected chi connectivity index (χ0v) is 20.7. The predicted molar refractivity (Wildman–Crippen MR) is 123 cm³/mol. The number of piperazine rings is 1. The standard InChI is InChI=1S/C21H26F3N5O4S2/c1-25-35(31,32)15-6-7-17(33-13-14-4-2-3-5-14)16(12-15)18(30)28-8-10-29(11-9-28)20-27-26-19(34-20)21(22,23)24/h6-7,12,14,25H,2-5,8-11,13H2,1H3. The molecule has 0 unspecified atom stereocenters. The van der Waals surface area contributed by atoms with Gasteiger partial charge in [0.05, 0.1) is 17.1 Å². The molecule has 0 atom stereocenters. The SMILES string of the molecule is CNS(=O)(=O)c1ccc(OCC2CCCC2)c(C(=O)N2CCN(c3nnc(C(F)(F)F)s3)CC2)c1. The minimum Gasteiger partial charge on any atom is -0.492 e. The third-order valence-corrected chi connectivity index (χ3v) is 8.64. The van der Waals surface area contributed by atoms with E-state index in [4.69, 9.17) is 4.74 Å². The topological polar surface area (TPSA) is 105 Å². The summed E-state index contributed by atoms with van der Waals surface area (Å²) in [6.07, 6.45) is -0.162. The van der Waals surface area contributed by atoms with Gasteiger partial charge in [-0.25, -0.2) is 13.1 Å². The van der Waals surface area contributed by atoms with Crippen molar-refractivity contribution in [2.24, 2.45) is 5.92 Å². The van der Waals surface area contributed by atoms with Crippen LogP contribution in [0, 0.1) is 5.92 Å². The van der Waals surface area contributed by atoms with Gasteiger partial charge in [0.25, 0.3) is 5.91 Å². The van der Waals surface area contributed by atoms with E-state index < -0.39 is 27.1 Å². The van der Waals surface area contributed by atoms with E-state index in [1.54, 1.807) is 4.90 Å². The number of carbonyl (C=O) groups is 1. The van der Waals surface area contributed by atoms with E-state index in [-0.39, 0.29) is 41.8 Å². The van der Waals surface area contributed by atoms with E-state index in [9.17, 15) is 26.4 Å². The number of hydrogen-bond donors (Lipinski definition) is 1. The number of benzene rings is 1. The molecule has 1 N–H and O–H groups in total. The average Bonchev–Trinajstić information content (AvgIpc) is 3.55. The van der Waals surface area contributed by atoms with E-state index in [0.29, 0.717) is 29.6 Å². The normalized spacial score (nSPS) is 17.7. The lowest BCUT2D eigenvalue weighted by atomic mass is 10.1. The number of anilines is 1. The summed E-state index contributed by atoms with van der Waals surface area (Å²) in [6, 6.07) is 4.21. The van der Waals surface area contributed by atoms with Crippen molar-refractivity contribution in [3.05, 3.63) is 28.8 Å². The molecule has 9 nitrogen and oxygen atoms in total. The maximum atomic E-state index is 13.4. The van der Waals surface area contributed by atoms with Crippen LogP contribution in [0.25, 0.3) is 0 Å². The molecule has 1 amide bonds. The molecule has 2 fully saturated rings. The van der Waals surface area contributed by atoms with Gasteiger partial charge in [-0.05, 0) is 44.0 Å². The number of nitrogens with one attached hydrogen (secondary N) is 1. The van der Waals surface area contributed by atoms with Crippen LogP contribution in [0.2, 0.25) is 0 Å². The van der Waals surface area contributed by atoms with Crippen LogP contribution in [0.3, 0.4) is 0 Å². The lowest BCUT2D eigenvalue weighted by molar-refractivity contribution is -0.138. The maximum Gasteiger partial charge on any atom is 0.445 e. The molecule has 1 saturated heterocycles. The largest absolute Gasteiger partial charge is 0.492 e. The molecule has 2 heterocycles. The second-order valence-corrected chi connectivity index (χ2v) is 11.3. The van der Waals surface area contributed by atoms with Crippen molar-refractivity contribution in [3.63, 3.8) is 0 Å². The summed E-state index contributed by atoms with van der Waals surface area (Å²) in [4.78, 5) is 16.5. The van der Waals surface area contributed by atoms with Crippen molar-refractivity contribution < 1.29 is 31.1 Å². The molecule has 2 aromatic rings. The third-order valence-electron chi connectivity index (χ3n) is 6.20. The first-order chi connectivity index (χ1) is 16.6. The highest BCUT2D eigenvalue weighted by molar-refractivity contribution is 7.89. The van der Waals surface area contributed by atoms with Crippen molar-refractivity contribution in [2.45, 2.75) is 36.8 Å². The highest BCUT2D eigenvalue weighted by Crippen LogP contribution is 2.35. The van der Waals surface area contributed by atoms with Crippen molar-refractivity contribution in [1.82, 2.24) is 19.8 Å². The number of rotatable bonds is 7. The van der Waals surface area contributed by atoms with Crippen molar-refractivity contribution >= 4 is 32.4 Å². The van der Waals surface area contributed by atoms with Crippen LogP contribution in [0.4, 0.5) is 18.3 Å². The lowest BCUT2D eigenvalue weighted by Gasteiger charge is -2.34. The first-order valence-corrected chi connectivity index (χ1v) is 13.5. The van der Waals surface area contributed by atoms with Gasteiger partial charge in [0, 0.05) is 26.2 Å². The van der Waals surface area contributed by atoms with Gasteiger partial charge < -0.3 is 14.5 Å². The van der Waals surface area contributed by atoms with E-state index in [0.717, 1.165) is 25.7 Å². The molecule has 4 rings (SSSR count). The fourth-order valence-corrected chi connectivity index (χ4v) is 5.72. The zero-order valence-electron chi connectivity index (χ0n) is 19.0. The molecule has 35 heavy (non-hydrogen) atoms. The number of ether oxygens (including phenoxy) is 1.